The van der Waals surface area contributed by atoms with E-state index in [4.69, 9.17) is 0 Å². The first kappa shape index (κ1) is 14.8. The summed E-state index contributed by atoms with van der Waals surface area (Å²) in [6.45, 7) is 4.24. The Balaban J connectivity index is 2.26. The van der Waals surface area contributed by atoms with Gasteiger partial charge in [-0.3, -0.25) is 10.1 Å². The third-order valence-corrected chi connectivity index (χ3v) is 4.10. The first-order valence-electron chi connectivity index (χ1n) is 7.26. The number of hydrogen-bond donors (Lipinski definition) is 0. The summed E-state index contributed by atoms with van der Waals surface area (Å²) in [4.78, 5) is 12.2. The molecule has 1 aliphatic rings. The zero-order valence-corrected chi connectivity index (χ0v) is 12.0. The Bertz CT molecular complexity index is 493. The Kier molecular flexibility index (Phi) is 4.57. The molecule has 0 spiro atoms. The number of benzene rings is 1. The van der Waals surface area contributed by atoms with Gasteiger partial charge in [-0.05, 0) is 32.3 Å². The summed E-state index contributed by atoms with van der Waals surface area (Å²) in [5.41, 5.74) is 0.310. The first-order valence-corrected chi connectivity index (χ1v) is 7.26. The van der Waals surface area contributed by atoms with Gasteiger partial charge in [-0.2, -0.15) is 0 Å². The van der Waals surface area contributed by atoms with E-state index in [9.17, 15) is 14.5 Å². The van der Waals surface area contributed by atoms with E-state index in [1.165, 1.54) is 6.07 Å². The van der Waals surface area contributed by atoms with E-state index in [0.717, 1.165) is 38.2 Å². The van der Waals surface area contributed by atoms with Crippen LogP contribution in [-0.2, 0) is 0 Å². The molecule has 2 unspecified atom stereocenters. The molecule has 0 saturated carbocycles. The maximum atomic E-state index is 14.2. The van der Waals surface area contributed by atoms with Crippen molar-refractivity contribution in [2.45, 2.75) is 58.0 Å². The molecule has 1 aromatic rings. The molecule has 1 aromatic carbocycles. The van der Waals surface area contributed by atoms with Crippen LogP contribution in [0, 0.1) is 15.9 Å². The Hall–Kier alpha value is -1.65. The first-order chi connectivity index (χ1) is 9.54. The fourth-order valence-electron chi connectivity index (χ4n) is 3.05. The van der Waals surface area contributed by atoms with Crippen LogP contribution in [0.5, 0.6) is 0 Å². The van der Waals surface area contributed by atoms with Gasteiger partial charge in [0, 0.05) is 18.2 Å². The highest BCUT2D eigenvalue weighted by atomic mass is 19.1. The van der Waals surface area contributed by atoms with Crippen molar-refractivity contribution in [3.8, 4) is 0 Å². The van der Waals surface area contributed by atoms with Gasteiger partial charge in [0.25, 0.3) is 5.69 Å². The molecule has 5 heteroatoms. The number of nitrogens with zero attached hydrogens (tertiary/aromatic N) is 2. The van der Waals surface area contributed by atoms with Crippen LogP contribution in [-0.4, -0.2) is 17.0 Å². The van der Waals surface area contributed by atoms with E-state index < -0.39 is 10.7 Å². The largest absolute Gasteiger partial charge is 0.363 e. The minimum absolute atomic E-state index is 0.191. The summed E-state index contributed by atoms with van der Waals surface area (Å²) in [6.07, 6.45) is 5.42. The molecule has 0 radical (unpaired) electrons. The van der Waals surface area contributed by atoms with Crippen LogP contribution in [0.15, 0.2) is 18.2 Å². The predicted molar refractivity (Wildman–Crippen MR) is 77.5 cm³/mol. The van der Waals surface area contributed by atoms with Gasteiger partial charge in [0.2, 0.25) is 0 Å². The quantitative estimate of drug-likeness (QED) is 0.597. The van der Waals surface area contributed by atoms with E-state index in [1.807, 2.05) is 0 Å². The molecule has 0 N–H and O–H groups in total. The minimum Gasteiger partial charge on any atom is -0.363 e. The zero-order valence-electron chi connectivity index (χ0n) is 12.0. The van der Waals surface area contributed by atoms with Crippen LogP contribution in [0.3, 0.4) is 0 Å². The number of non-ortho nitro benzene ring substituents is 1. The van der Waals surface area contributed by atoms with E-state index in [2.05, 4.69) is 18.7 Å². The fraction of sp³-hybridized carbons (Fsp3) is 0.600. The highest BCUT2D eigenvalue weighted by Gasteiger charge is 2.32. The summed E-state index contributed by atoms with van der Waals surface area (Å²) in [5, 5.41) is 10.7. The summed E-state index contributed by atoms with van der Waals surface area (Å²) in [5.74, 6) is -0.491. The van der Waals surface area contributed by atoms with Gasteiger partial charge in [-0.15, -0.1) is 0 Å². The maximum Gasteiger partial charge on any atom is 0.272 e. The number of unbranched alkanes of at least 4 members (excludes halogenated alkanes) is 1. The predicted octanol–water partition coefficient (Wildman–Crippen LogP) is 4.28. The van der Waals surface area contributed by atoms with Gasteiger partial charge in [0.05, 0.1) is 16.7 Å². The Labute approximate surface area is 118 Å². The highest BCUT2D eigenvalue weighted by molar-refractivity contribution is 5.54. The molecule has 0 bridgehead atoms. The fourth-order valence-corrected chi connectivity index (χ4v) is 3.05. The molecule has 1 heterocycles. The normalized spacial score (nSPS) is 22.2. The molecule has 4 nitrogen and oxygen atoms in total. The van der Waals surface area contributed by atoms with Crippen LogP contribution in [0.4, 0.5) is 15.8 Å². The molecular weight excluding hydrogens is 259 g/mol. The molecule has 2 atom stereocenters. The van der Waals surface area contributed by atoms with Gasteiger partial charge in [0.1, 0.15) is 0 Å². The molecule has 0 amide bonds. The standard InChI is InChI=1S/C15H21FN2O2/c1-3-4-5-12-7-6-11(2)17(12)15-9-8-13(18(19)20)10-14(15)16/h8-12H,3-7H2,1-2H3. The third kappa shape index (κ3) is 2.92. The van der Waals surface area contributed by atoms with E-state index in [0.29, 0.717) is 11.7 Å². The van der Waals surface area contributed by atoms with Crippen molar-refractivity contribution in [2.75, 3.05) is 4.90 Å². The Morgan fingerprint density at radius 3 is 2.80 bits per heavy atom. The third-order valence-electron chi connectivity index (χ3n) is 4.10. The van der Waals surface area contributed by atoms with Gasteiger partial charge in [-0.1, -0.05) is 19.8 Å². The maximum absolute atomic E-state index is 14.2. The van der Waals surface area contributed by atoms with Crippen molar-refractivity contribution >= 4 is 11.4 Å². The van der Waals surface area contributed by atoms with Crippen molar-refractivity contribution in [3.63, 3.8) is 0 Å². The smallest absolute Gasteiger partial charge is 0.272 e. The van der Waals surface area contributed by atoms with Crippen LogP contribution in [0.25, 0.3) is 0 Å². The van der Waals surface area contributed by atoms with Gasteiger partial charge >= 0.3 is 0 Å². The van der Waals surface area contributed by atoms with E-state index >= 15 is 0 Å². The number of hydrogen-bond acceptors (Lipinski definition) is 3. The van der Waals surface area contributed by atoms with Crippen LogP contribution in [0.1, 0.15) is 46.0 Å². The lowest BCUT2D eigenvalue weighted by Crippen LogP contribution is -2.35. The second-order valence-electron chi connectivity index (χ2n) is 5.52. The highest BCUT2D eigenvalue weighted by Crippen LogP contribution is 2.35. The molecular formula is C15H21FN2O2. The van der Waals surface area contributed by atoms with Crippen LogP contribution >= 0.6 is 0 Å². The van der Waals surface area contributed by atoms with Crippen molar-refractivity contribution in [3.05, 3.63) is 34.1 Å². The van der Waals surface area contributed by atoms with Gasteiger partial charge in [0.15, 0.2) is 5.82 Å². The molecule has 1 fully saturated rings. The topological polar surface area (TPSA) is 46.4 Å². The van der Waals surface area contributed by atoms with Gasteiger partial charge in [-0.25, -0.2) is 4.39 Å². The van der Waals surface area contributed by atoms with Crippen molar-refractivity contribution in [2.24, 2.45) is 0 Å². The number of rotatable bonds is 5. The lowest BCUT2D eigenvalue weighted by atomic mass is 10.1. The number of nitro benzene ring substituents is 1. The lowest BCUT2D eigenvalue weighted by molar-refractivity contribution is -0.385. The second kappa shape index (κ2) is 6.20. The van der Waals surface area contributed by atoms with Crippen molar-refractivity contribution in [1.82, 2.24) is 0 Å². The molecule has 2 rings (SSSR count). The molecule has 20 heavy (non-hydrogen) atoms. The van der Waals surface area contributed by atoms with E-state index in [1.54, 1.807) is 6.07 Å². The average molecular weight is 280 g/mol. The summed E-state index contributed by atoms with van der Waals surface area (Å²) in [7, 11) is 0. The Morgan fingerprint density at radius 1 is 1.45 bits per heavy atom. The van der Waals surface area contributed by atoms with E-state index in [-0.39, 0.29) is 11.7 Å². The minimum atomic E-state index is -0.561. The van der Waals surface area contributed by atoms with Crippen molar-refractivity contribution < 1.29 is 9.31 Å². The van der Waals surface area contributed by atoms with Crippen LogP contribution in [0.2, 0.25) is 0 Å². The number of halogens is 1. The monoisotopic (exact) mass is 280 g/mol. The number of anilines is 1. The molecule has 0 aliphatic carbocycles. The molecule has 0 aromatic heterocycles. The van der Waals surface area contributed by atoms with Crippen molar-refractivity contribution in [1.29, 1.82) is 0 Å². The molecule has 110 valence electrons. The SMILES string of the molecule is CCCCC1CCC(C)N1c1ccc([N+](=O)[O-])cc1F. The van der Waals surface area contributed by atoms with Gasteiger partial charge < -0.3 is 4.90 Å². The molecule has 1 saturated heterocycles. The second-order valence-corrected chi connectivity index (χ2v) is 5.52. The average Bonchev–Trinajstić information content (AvgIpc) is 2.77. The summed E-state index contributed by atoms with van der Waals surface area (Å²) < 4.78 is 14.2. The molecule has 1 aliphatic heterocycles. The summed E-state index contributed by atoms with van der Waals surface area (Å²) >= 11 is 0. The number of nitro groups is 1. The lowest BCUT2D eigenvalue weighted by Gasteiger charge is -2.31. The Morgan fingerprint density at radius 2 is 2.20 bits per heavy atom. The zero-order chi connectivity index (χ0) is 14.7. The van der Waals surface area contributed by atoms with Crippen LogP contribution < -0.4 is 4.90 Å². The summed E-state index contributed by atoms with van der Waals surface area (Å²) in [6, 6.07) is 4.60.